The first-order chi connectivity index (χ1) is 10.3. The van der Waals surface area contributed by atoms with E-state index in [1.165, 1.54) is 0 Å². The SMILES string of the molecule is N#CCC(=O)N1CCC(Cc2nc3ccccc3[nH]2)CC1. The number of carbonyl (C=O) groups excluding carboxylic acids is 1. The van der Waals surface area contributed by atoms with Gasteiger partial charge in [-0.15, -0.1) is 0 Å². The van der Waals surface area contributed by atoms with Crippen molar-refractivity contribution in [2.24, 2.45) is 5.92 Å². The highest BCUT2D eigenvalue weighted by molar-refractivity contribution is 5.78. The number of nitrogens with zero attached hydrogens (tertiary/aromatic N) is 3. The number of imidazole rings is 1. The zero-order valence-electron chi connectivity index (χ0n) is 11.9. The second kappa shape index (κ2) is 5.96. The summed E-state index contributed by atoms with van der Waals surface area (Å²) >= 11 is 0. The number of carbonyl (C=O) groups is 1. The maximum atomic E-state index is 11.7. The zero-order chi connectivity index (χ0) is 14.7. The summed E-state index contributed by atoms with van der Waals surface area (Å²) in [5, 5.41) is 8.57. The number of nitriles is 1. The van der Waals surface area contributed by atoms with Gasteiger partial charge < -0.3 is 9.88 Å². The molecular formula is C16H18N4O. The highest BCUT2D eigenvalue weighted by Gasteiger charge is 2.23. The van der Waals surface area contributed by atoms with Crippen LogP contribution in [0, 0.1) is 17.2 Å². The lowest BCUT2D eigenvalue weighted by atomic mass is 9.93. The molecule has 1 amide bonds. The Morgan fingerprint density at radius 3 is 2.86 bits per heavy atom. The molecule has 5 nitrogen and oxygen atoms in total. The minimum Gasteiger partial charge on any atom is -0.342 e. The summed E-state index contributed by atoms with van der Waals surface area (Å²) < 4.78 is 0. The fourth-order valence-corrected chi connectivity index (χ4v) is 2.94. The molecule has 1 N–H and O–H groups in total. The lowest BCUT2D eigenvalue weighted by Crippen LogP contribution is -2.38. The highest BCUT2D eigenvalue weighted by atomic mass is 16.2. The Morgan fingerprint density at radius 2 is 2.14 bits per heavy atom. The fraction of sp³-hybridized carbons (Fsp3) is 0.438. The molecule has 1 aliphatic rings. The van der Waals surface area contributed by atoms with E-state index in [1.54, 1.807) is 4.90 Å². The number of hydrogen-bond donors (Lipinski definition) is 1. The van der Waals surface area contributed by atoms with Crippen molar-refractivity contribution in [3.63, 3.8) is 0 Å². The van der Waals surface area contributed by atoms with Crippen molar-refractivity contribution in [3.05, 3.63) is 30.1 Å². The Morgan fingerprint density at radius 1 is 1.38 bits per heavy atom. The monoisotopic (exact) mass is 282 g/mol. The number of nitrogens with one attached hydrogen (secondary N) is 1. The molecule has 21 heavy (non-hydrogen) atoms. The van der Waals surface area contributed by atoms with E-state index in [0.717, 1.165) is 49.2 Å². The lowest BCUT2D eigenvalue weighted by Gasteiger charge is -2.31. The van der Waals surface area contributed by atoms with E-state index >= 15 is 0 Å². The van der Waals surface area contributed by atoms with Gasteiger partial charge in [0.1, 0.15) is 12.2 Å². The Hall–Kier alpha value is -2.35. The molecule has 108 valence electrons. The summed E-state index contributed by atoms with van der Waals surface area (Å²) in [6, 6.07) is 9.97. The van der Waals surface area contributed by atoms with Crippen LogP contribution in [-0.4, -0.2) is 33.9 Å². The van der Waals surface area contributed by atoms with Crippen LogP contribution >= 0.6 is 0 Å². The molecule has 0 atom stereocenters. The van der Waals surface area contributed by atoms with Gasteiger partial charge in [-0.3, -0.25) is 4.79 Å². The van der Waals surface area contributed by atoms with Crippen molar-refractivity contribution in [2.45, 2.75) is 25.7 Å². The van der Waals surface area contributed by atoms with E-state index < -0.39 is 0 Å². The van der Waals surface area contributed by atoms with E-state index in [-0.39, 0.29) is 12.3 Å². The van der Waals surface area contributed by atoms with Crippen LogP contribution in [0.1, 0.15) is 25.1 Å². The molecule has 0 aliphatic carbocycles. The van der Waals surface area contributed by atoms with Gasteiger partial charge in [-0.1, -0.05) is 12.1 Å². The number of amides is 1. The first-order valence-electron chi connectivity index (χ1n) is 7.34. The average Bonchev–Trinajstić information content (AvgIpc) is 2.90. The molecule has 5 heteroatoms. The molecule has 1 aromatic carbocycles. The van der Waals surface area contributed by atoms with Gasteiger partial charge in [0.2, 0.25) is 5.91 Å². The van der Waals surface area contributed by atoms with Crippen molar-refractivity contribution in [1.82, 2.24) is 14.9 Å². The van der Waals surface area contributed by atoms with Crippen LogP contribution in [0.3, 0.4) is 0 Å². The summed E-state index contributed by atoms with van der Waals surface area (Å²) in [7, 11) is 0. The van der Waals surface area contributed by atoms with Gasteiger partial charge in [0.15, 0.2) is 0 Å². The summed E-state index contributed by atoms with van der Waals surface area (Å²) in [6.07, 6.45) is 2.88. The molecule has 3 rings (SSSR count). The third-order valence-corrected chi connectivity index (χ3v) is 4.12. The largest absolute Gasteiger partial charge is 0.342 e. The van der Waals surface area contributed by atoms with E-state index in [9.17, 15) is 4.79 Å². The predicted molar refractivity (Wildman–Crippen MR) is 79.3 cm³/mol. The molecule has 0 saturated carbocycles. The molecule has 1 aliphatic heterocycles. The van der Waals surface area contributed by atoms with Crippen LogP contribution in [0.5, 0.6) is 0 Å². The fourth-order valence-electron chi connectivity index (χ4n) is 2.94. The van der Waals surface area contributed by atoms with Crippen molar-refractivity contribution < 1.29 is 4.79 Å². The number of benzene rings is 1. The van der Waals surface area contributed by atoms with E-state index in [4.69, 9.17) is 5.26 Å². The molecule has 2 aromatic rings. The zero-order valence-corrected chi connectivity index (χ0v) is 11.9. The number of aromatic amines is 1. The third-order valence-electron chi connectivity index (χ3n) is 4.12. The van der Waals surface area contributed by atoms with Gasteiger partial charge in [-0.2, -0.15) is 5.26 Å². The quantitative estimate of drug-likeness (QED) is 0.938. The Kier molecular flexibility index (Phi) is 3.87. The number of likely N-dealkylation sites (tertiary alicyclic amines) is 1. The number of fused-ring (bicyclic) bond motifs is 1. The predicted octanol–water partition coefficient (Wildman–Crippen LogP) is 2.26. The highest BCUT2D eigenvalue weighted by Crippen LogP contribution is 2.22. The first-order valence-corrected chi connectivity index (χ1v) is 7.34. The number of hydrogen-bond acceptors (Lipinski definition) is 3. The number of aromatic nitrogens is 2. The molecule has 1 fully saturated rings. The summed E-state index contributed by atoms with van der Waals surface area (Å²) in [5.41, 5.74) is 2.09. The third kappa shape index (κ3) is 3.05. The number of para-hydroxylation sites is 2. The number of rotatable bonds is 3. The smallest absolute Gasteiger partial charge is 0.236 e. The van der Waals surface area contributed by atoms with Crippen LogP contribution in [0.25, 0.3) is 11.0 Å². The summed E-state index contributed by atoms with van der Waals surface area (Å²) in [5.74, 6) is 1.54. The number of H-pyrrole nitrogens is 1. The molecule has 1 saturated heterocycles. The second-order valence-electron chi connectivity index (χ2n) is 5.56. The average molecular weight is 282 g/mol. The van der Waals surface area contributed by atoms with Gasteiger partial charge in [-0.05, 0) is 30.9 Å². The van der Waals surface area contributed by atoms with Crippen LogP contribution in [-0.2, 0) is 11.2 Å². The molecule has 0 bridgehead atoms. The summed E-state index contributed by atoms with van der Waals surface area (Å²) in [4.78, 5) is 21.4. The maximum Gasteiger partial charge on any atom is 0.236 e. The first kappa shape index (κ1) is 13.6. The standard InChI is InChI=1S/C16H18N4O/c17-8-5-16(21)20-9-6-12(7-10-20)11-15-18-13-3-1-2-4-14(13)19-15/h1-4,12H,5-7,9-11H2,(H,18,19). The van der Waals surface area contributed by atoms with E-state index in [0.29, 0.717) is 5.92 Å². The maximum absolute atomic E-state index is 11.7. The van der Waals surface area contributed by atoms with Crippen molar-refractivity contribution in [3.8, 4) is 6.07 Å². The minimum atomic E-state index is -0.0420. The summed E-state index contributed by atoms with van der Waals surface area (Å²) in [6.45, 7) is 1.51. The van der Waals surface area contributed by atoms with E-state index in [2.05, 4.69) is 9.97 Å². The van der Waals surface area contributed by atoms with Crippen molar-refractivity contribution in [1.29, 1.82) is 5.26 Å². The van der Waals surface area contributed by atoms with Gasteiger partial charge in [0.25, 0.3) is 0 Å². The topological polar surface area (TPSA) is 72.8 Å². The molecule has 0 unspecified atom stereocenters. The Bertz CT molecular complexity index is 644. The van der Waals surface area contributed by atoms with Gasteiger partial charge in [-0.25, -0.2) is 4.98 Å². The van der Waals surface area contributed by atoms with Crippen molar-refractivity contribution >= 4 is 16.9 Å². The van der Waals surface area contributed by atoms with Crippen LogP contribution in [0.15, 0.2) is 24.3 Å². The lowest BCUT2D eigenvalue weighted by molar-refractivity contribution is -0.131. The van der Waals surface area contributed by atoms with Gasteiger partial charge in [0, 0.05) is 19.5 Å². The van der Waals surface area contributed by atoms with Crippen LogP contribution in [0.2, 0.25) is 0 Å². The van der Waals surface area contributed by atoms with Gasteiger partial charge >= 0.3 is 0 Å². The Labute approximate surface area is 123 Å². The van der Waals surface area contributed by atoms with E-state index in [1.807, 2.05) is 30.3 Å². The van der Waals surface area contributed by atoms with Crippen LogP contribution < -0.4 is 0 Å². The van der Waals surface area contributed by atoms with Crippen LogP contribution in [0.4, 0.5) is 0 Å². The molecule has 1 aromatic heterocycles. The molecule has 0 radical (unpaired) electrons. The normalized spacial score (nSPS) is 16.0. The molecule has 2 heterocycles. The second-order valence-corrected chi connectivity index (χ2v) is 5.56. The molecular weight excluding hydrogens is 264 g/mol. The molecule has 0 spiro atoms. The van der Waals surface area contributed by atoms with Crippen molar-refractivity contribution in [2.75, 3.05) is 13.1 Å². The minimum absolute atomic E-state index is 0.00571. The Balaban J connectivity index is 1.58. The number of piperidine rings is 1. The van der Waals surface area contributed by atoms with Gasteiger partial charge in [0.05, 0.1) is 17.1 Å².